The third-order valence-electron chi connectivity index (χ3n) is 5.49. The average Bonchev–Trinajstić information content (AvgIpc) is 3.42. The number of hydrogen-bond acceptors (Lipinski definition) is 3. The number of aryl methyl sites for hydroxylation is 1. The van der Waals surface area contributed by atoms with Crippen LogP contribution in [0.25, 0.3) is 0 Å². The van der Waals surface area contributed by atoms with Crippen LogP contribution >= 0.6 is 0 Å². The molecule has 2 aliphatic rings. The number of rotatable bonds is 6. The maximum atomic E-state index is 12.6. The summed E-state index contributed by atoms with van der Waals surface area (Å²) in [6.07, 6.45) is 4.62. The smallest absolute Gasteiger partial charge is 0.223 e. The molecule has 0 spiro atoms. The first kappa shape index (κ1) is 16.3. The number of pyridine rings is 1. The van der Waals surface area contributed by atoms with Crippen LogP contribution < -0.4 is 5.32 Å². The number of nitrogens with zero attached hydrogens (tertiary/aromatic N) is 1. The lowest BCUT2D eigenvalue weighted by Crippen LogP contribution is -2.50. The summed E-state index contributed by atoms with van der Waals surface area (Å²) in [4.78, 5) is 16.9. The van der Waals surface area contributed by atoms with Gasteiger partial charge in [-0.1, -0.05) is 37.3 Å². The predicted molar refractivity (Wildman–Crippen MR) is 96.2 cm³/mol. The van der Waals surface area contributed by atoms with Crippen LogP contribution in [-0.2, 0) is 21.6 Å². The molecular weight excluding hydrogens is 312 g/mol. The lowest BCUT2D eigenvalue weighted by molar-refractivity contribution is -0.155. The van der Waals surface area contributed by atoms with Crippen LogP contribution in [0.1, 0.15) is 42.5 Å². The number of carbonyl (C=O) groups excluding carboxylic acids is 1. The third-order valence-corrected chi connectivity index (χ3v) is 5.49. The molecule has 1 aliphatic carbocycles. The quantitative estimate of drug-likeness (QED) is 0.881. The van der Waals surface area contributed by atoms with Gasteiger partial charge in [-0.3, -0.25) is 9.78 Å². The number of ether oxygens (including phenoxy) is 1. The molecule has 4 rings (SSSR count). The molecule has 1 saturated heterocycles. The van der Waals surface area contributed by atoms with Crippen LogP contribution in [0.5, 0.6) is 0 Å². The molecule has 1 aromatic carbocycles. The third kappa shape index (κ3) is 3.19. The second kappa shape index (κ2) is 6.60. The summed E-state index contributed by atoms with van der Waals surface area (Å²) in [5.41, 5.74) is 3.07. The van der Waals surface area contributed by atoms with E-state index in [2.05, 4.69) is 35.4 Å². The van der Waals surface area contributed by atoms with Crippen molar-refractivity contribution in [1.82, 2.24) is 10.3 Å². The Labute approximate surface area is 148 Å². The van der Waals surface area contributed by atoms with Gasteiger partial charge >= 0.3 is 0 Å². The monoisotopic (exact) mass is 336 g/mol. The Morgan fingerprint density at radius 2 is 2.12 bits per heavy atom. The van der Waals surface area contributed by atoms with Crippen LogP contribution in [0.15, 0.2) is 48.7 Å². The van der Waals surface area contributed by atoms with Crippen molar-refractivity contribution < 1.29 is 9.53 Å². The first-order valence-corrected chi connectivity index (χ1v) is 9.14. The van der Waals surface area contributed by atoms with E-state index < -0.39 is 0 Å². The van der Waals surface area contributed by atoms with E-state index in [9.17, 15) is 4.79 Å². The van der Waals surface area contributed by atoms with Gasteiger partial charge in [-0.25, -0.2) is 0 Å². The van der Waals surface area contributed by atoms with Crippen molar-refractivity contribution in [2.45, 2.75) is 37.7 Å². The van der Waals surface area contributed by atoms with E-state index >= 15 is 0 Å². The molecule has 1 unspecified atom stereocenters. The Morgan fingerprint density at radius 3 is 2.80 bits per heavy atom. The summed E-state index contributed by atoms with van der Waals surface area (Å²) >= 11 is 0. The molecule has 3 atom stereocenters. The van der Waals surface area contributed by atoms with Gasteiger partial charge in [-0.05, 0) is 42.0 Å². The molecule has 1 saturated carbocycles. The highest BCUT2D eigenvalue weighted by atomic mass is 16.5. The number of aromatic nitrogens is 1. The summed E-state index contributed by atoms with van der Waals surface area (Å²) in [7, 11) is 0. The van der Waals surface area contributed by atoms with E-state index in [-0.39, 0.29) is 17.4 Å². The van der Waals surface area contributed by atoms with Crippen molar-refractivity contribution in [3.8, 4) is 0 Å². The zero-order valence-electron chi connectivity index (χ0n) is 14.6. The Balaban J connectivity index is 1.39. The summed E-state index contributed by atoms with van der Waals surface area (Å²) in [5, 5.41) is 3.14. The van der Waals surface area contributed by atoms with Crippen molar-refractivity contribution in [2.75, 3.05) is 13.2 Å². The summed E-state index contributed by atoms with van der Waals surface area (Å²) in [6, 6.07) is 14.4. The predicted octanol–water partition coefficient (Wildman–Crippen LogP) is 3.18. The van der Waals surface area contributed by atoms with E-state index in [1.165, 1.54) is 5.56 Å². The van der Waals surface area contributed by atoms with Gasteiger partial charge in [0.1, 0.15) is 5.60 Å². The van der Waals surface area contributed by atoms with Crippen molar-refractivity contribution in [2.24, 2.45) is 5.92 Å². The van der Waals surface area contributed by atoms with Crippen molar-refractivity contribution in [1.29, 1.82) is 0 Å². The van der Waals surface area contributed by atoms with E-state index in [0.717, 1.165) is 37.1 Å². The summed E-state index contributed by atoms with van der Waals surface area (Å²) < 4.78 is 5.92. The molecule has 4 heteroatoms. The van der Waals surface area contributed by atoms with Crippen LogP contribution in [0.3, 0.4) is 0 Å². The van der Waals surface area contributed by atoms with Crippen molar-refractivity contribution in [3.63, 3.8) is 0 Å². The first-order valence-electron chi connectivity index (χ1n) is 9.14. The molecule has 130 valence electrons. The molecule has 1 amide bonds. The van der Waals surface area contributed by atoms with Crippen LogP contribution in [0.2, 0.25) is 0 Å². The summed E-state index contributed by atoms with van der Waals surface area (Å²) in [5.74, 6) is 0.615. The maximum absolute atomic E-state index is 12.6. The zero-order valence-corrected chi connectivity index (χ0v) is 14.6. The second-order valence-corrected chi connectivity index (χ2v) is 7.06. The van der Waals surface area contributed by atoms with Gasteiger partial charge in [0.15, 0.2) is 0 Å². The Morgan fingerprint density at radius 1 is 1.32 bits per heavy atom. The van der Waals surface area contributed by atoms with E-state index in [4.69, 9.17) is 4.74 Å². The van der Waals surface area contributed by atoms with Crippen LogP contribution in [-0.4, -0.2) is 24.0 Å². The second-order valence-electron chi connectivity index (χ2n) is 7.06. The van der Waals surface area contributed by atoms with Crippen molar-refractivity contribution in [3.05, 3.63) is 65.5 Å². The highest BCUT2D eigenvalue weighted by Crippen LogP contribution is 2.47. The normalized spacial score (nSPS) is 27.4. The summed E-state index contributed by atoms with van der Waals surface area (Å²) in [6.45, 7) is 3.38. The van der Waals surface area contributed by atoms with Crippen LogP contribution in [0, 0.1) is 5.92 Å². The molecule has 1 N–H and O–H groups in total. The highest BCUT2D eigenvalue weighted by Gasteiger charge is 2.46. The van der Waals surface area contributed by atoms with Gasteiger partial charge in [-0.15, -0.1) is 0 Å². The Bertz CT molecular complexity index is 756. The largest absolute Gasteiger partial charge is 0.368 e. The fourth-order valence-electron chi connectivity index (χ4n) is 3.69. The maximum Gasteiger partial charge on any atom is 0.223 e. The zero-order chi connectivity index (χ0) is 17.3. The lowest BCUT2D eigenvalue weighted by Gasteiger charge is -2.42. The molecule has 2 aromatic rings. The van der Waals surface area contributed by atoms with Gasteiger partial charge in [0, 0.05) is 24.2 Å². The minimum Gasteiger partial charge on any atom is -0.368 e. The number of hydrogen-bond donors (Lipinski definition) is 1. The van der Waals surface area contributed by atoms with Crippen molar-refractivity contribution >= 4 is 5.91 Å². The SMILES string of the molecule is CCc1cc(C2(CNC(=O)[C@H]3C[C@@H]3c3ccccc3)CCO2)ccn1. The molecule has 1 aromatic heterocycles. The van der Waals surface area contributed by atoms with E-state index in [1.54, 1.807) is 0 Å². The number of benzene rings is 1. The van der Waals surface area contributed by atoms with Gasteiger partial charge < -0.3 is 10.1 Å². The fraction of sp³-hybridized carbons (Fsp3) is 0.429. The highest BCUT2D eigenvalue weighted by molar-refractivity contribution is 5.83. The fourth-order valence-corrected chi connectivity index (χ4v) is 3.69. The molecule has 0 bridgehead atoms. The van der Waals surface area contributed by atoms with Crippen LogP contribution in [0.4, 0.5) is 0 Å². The lowest BCUT2D eigenvalue weighted by atomic mass is 9.86. The molecule has 2 heterocycles. The molecule has 4 nitrogen and oxygen atoms in total. The minimum atomic E-state index is -0.375. The molecule has 1 aliphatic heterocycles. The minimum absolute atomic E-state index is 0.100. The van der Waals surface area contributed by atoms with Gasteiger partial charge in [0.05, 0.1) is 13.2 Å². The molecule has 0 radical (unpaired) electrons. The van der Waals surface area contributed by atoms with E-state index in [1.807, 2.05) is 30.5 Å². The Kier molecular flexibility index (Phi) is 4.30. The average molecular weight is 336 g/mol. The standard InChI is InChI=1S/C21H24N2O2/c1-2-17-12-16(8-10-22-17)21(9-11-25-21)14-23-20(24)19-13-18(19)15-6-4-3-5-7-15/h3-8,10,12,18-19H,2,9,11,13-14H2,1H3,(H,23,24)/t18-,19+,21?/m1/s1. The van der Waals surface area contributed by atoms with Gasteiger partial charge in [0.2, 0.25) is 5.91 Å². The molecule has 2 fully saturated rings. The number of amides is 1. The number of nitrogens with one attached hydrogen (secondary N) is 1. The van der Waals surface area contributed by atoms with Gasteiger partial charge in [-0.2, -0.15) is 0 Å². The number of carbonyl (C=O) groups is 1. The van der Waals surface area contributed by atoms with Gasteiger partial charge in [0.25, 0.3) is 0 Å². The molecule has 25 heavy (non-hydrogen) atoms. The first-order chi connectivity index (χ1) is 12.2. The topological polar surface area (TPSA) is 51.2 Å². The molecular formula is C21H24N2O2. The Hall–Kier alpha value is -2.20. The van der Waals surface area contributed by atoms with E-state index in [0.29, 0.717) is 12.5 Å².